The molecule has 2 nitrogen and oxygen atoms in total. The van der Waals surface area contributed by atoms with Crippen molar-refractivity contribution in [2.75, 3.05) is 0 Å². The molecule has 1 saturated carbocycles. The molecule has 82 valence electrons. The summed E-state index contributed by atoms with van der Waals surface area (Å²) in [6.45, 7) is 0. The second-order valence-corrected chi connectivity index (χ2v) is 5.19. The average molecular weight is 278 g/mol. The lowest BCUT2D eigenvalue weighted by molar-refractivity contribution is 0.385. The SMILES string of the molecule is Oc1cc2cccc(Br)c2nc1C1CCC1. The molecule has 1 aliphatic rings. The first kappa shape index (κ1) is 10.1. The Morgan fingerprint density at radius 2 is 2.12 bits per heavy atom. The van der Waals surface area contributed by atoms with Crippen LogP contribution < -0.4 is 0 Å². The number of hydrogen-bond donors (Lipinski definition) is 1. The van der Waals surface area contributed by atoms with Gasteiger partial charge in [0, 0.05) is 15.8 Å². The fourth-order valence-electron chi connectivity index (χ4n) is 2.15. The van der Waals surface area contributed by atoms with Crippen LogP contribution in [0.2, 0.25) is 0 Å². The van der Waals surface area contributed by atoms with Crippen molar-refractivity contribution in [2.24, 2.45) is 0 Å². The molecule has 0 unspecified atom stereocenters. The lowest BCUT2D eigenvalue weighted by Crippen LogP contribution is -2.10. The minimum atomic E-state index is 0.343. The maximum Gasteiger partial charge on any atom is 0.138 e. The number of nitrogens with zero attached hydrogens (tertiary/aromatic N) is 1. The topological polar surface area (TPSA) is 33.1 Å². The molecule has 0 amide bonds. The molecule has 0 spiro atoms. The van der Waals surface area contributed by atoms with Crippen LogP contribution >= 0.6 is 15.9 Å². The summed E-state index contributed by atoms with van der Waals surface area (Å²) < 4.78 is 0.991. The van der Waals surface area contributed by atoms with E-state index in [9.17, 15) is 5.11 Å². The van der Waals surface area contributed by atoms with Crippen LogP contribution in [0.5, 0.6) is 5.75 Å². The largest absolute Gasteiger partial charge is 0.506 e. The highest BCUT2D eigenvalue weighted by Gasteiger charge is 2.24. The molecule has 1 fully saturated rings. The third-order valence-electron chi connectivity index (χ3n) is 3.30. The second kappa shape index (κ2) is 3.74. The summed E-state index contributed by atoms with van der Waals surface area (Å²) in [4.78, 5) is 4.60. The van der Waals surface area contributed by atoms with Crippen molar-refractivity contribution in [1.82, 2.24) is 4.98 Å². The van der Waals surface area contributed by atoms with Gasteiger partial charge in [0.25, 0.3) is 0 Å². The van der Waals surface area contributed by atoms with Gasteiger partial charge in [0.1, 0.15) is 5.75 Å². The van der Waals surface area contributed by atoms with Gasteiger partial charge in [-0.25, -0.2) is 4.98 Å². The number of benzene rings is 1. The van der Waals surface area contributed by atoms with Gasteiger partial charge >= 0.3 is 0 Å². The van der Waals surface area contributed by atoms with E-state index in [0.29, 0.717) is 11.7 Å². The molecule has 2 aromatic rings. The van der Waals surface area contributed by atoms with E-state index < -0.39 is 0 Å². The lowest BCUT2D eigenvalue weighted by Gasteiger charge is -2.25. The molecule has 0 aliphatic heterocycles. The minimum absolute atomic E-state index is 0.343. The normalized spacial score (nSPS) is 16.3. The number of pyridine rings is 1. The van der Waals surface area contributed by atoms with E-state index in [2.05, 4.69) is 20.9 Å². The van der Waals surface area contributed by atoms with E-state index >= 15 is 0 Å². The molecule has 1 aromatic carbocycles. The van der Waals surface area contributed by atoms with Crippen molar-refractivity contribution in [3.8, 4) is 5.75 Å². The van der Waals surface area contributed by atoms with Gasteiger partial charge < -0.3 is 5.11 Å². The number of aromatic hydroxyl groups is 1. The van der Waals surface area contributed by atoms with Crippen molar-refractivity contribution in [3.63, 3.8) is 0 Å². The standard InChI is InChI=1S/C13H12BrNO/c14-10-6-2-5-9-7-11(16)13(15-12(9)10)8-3-1-4-8/h2,5-8,16H,1,3-4H2. The molecule has 1 heterocycles. The number of para-hydroxylation sites is 1. The molecule has 16 heavy (non-hydrogen) atoms. The molecule has 0 atom stereocenters. The summed E-state index contributed by atoms with van der Waals surface area (Å²) in [5.74, 6) is 0.798. The summed E-state index contributed by atoms with van der Waals surface area (Å²) in [7, 11) is 0. The van der Waals surface area contributed by atoms with Crippen LogP contribution in [0.25, 0.3) is 10.9 Å². The van der Waals surface area contributed by atoms with Gasteiger partial charge in [-0.15, -0.1) is 0 Å². The molecule has 0 bridgehead atoms. The highest BCUT2D eigenvalue weighted by molar-refractivity contribution is 9.10. The quantitative estimate of drug-likeness (QED) is 0.856. The third-order valence-corrected chi connectivity index (χ3v) is 3.94. The number of hydrogen-bond acceptors (Lipinski definition) is 2. The molecule has 1 N–H and O–H groups in total. The Morgan fingerprint density at radius 1 is 1.31 bits per heavy atom. The average Bonchev–Trinajstić information content (AvgIpc) is 2.18. The Bertz CT molecular complexity index is 549. The van der Waals surface area contributed by atoms with Crippen molar-refractivity contribution in [3.05, 3.63) is 34.4 Å². The first-order chi connectivity index (χ1) is 7.75. The maximum atomic E-state index is 9.96. The van der Waals surface area contributed by atoms with Gasteiger partial charge in [-0.05, 0) is 40.9 Å². The first-order valence-corrected chi connectivity index (χ1v) is 6.33. The highest BCUT2D eigenvalue weighted by atomic mass is 79.9. The molecule has 0 saturated heterocycles. The van der Waals surface area contributed by atoms with Crippen LogP contribution in [0.4, 0.5) is 0 Å². The Hall–Kier alpha value is -1.09. The zero-order valence-electron chi connectivity index (χ0n) is 8.78. The highest BCUT2D eigenvalue weighted by Crippen LogP contribution is 2.40. The van der Waals surface area contributed by atoms with Crippen LogP contribution in [0.3, 0.4) is 0 Å². The molecular formula is C13H12BrNO. The van der Waals surface area contributed by atoms with Crippen LogP contribution in [0.1, 0.15) is 30.9 Å². The van der Waals surface area contributed by atoms with Crippen LogP contribution in [0, 0.1) is 0 Å². The Morgan fingerprint density at radius 3 is 2.81 bits per heavy atom. The molecule has 0 radical (unpaired) electrons. The van der Waals surface area contributed by atoms with Crippen molar-refractivity contribution >= 4 is 26.8 Å². The van der Waals surface area contributed by atoms with E-state index in [1.165, 1.54) is 6.42 Å². The third kappa shape index (κ3) is 1.50. The van der Waals surface area contributed by atoms with Crippen molar-refractivity contribution in [2.45, 2.75) is 25.2 Å². The minimum Gasteiger partial charge on any atom is -0.506 e. The van der Waals surface area contributed by atoms with Gasteiger partial charge in [0.2, 0.25) is 0 Å². The van der Waals surface area contributed by atoms with E-state index in [0.717, 1.165) is 33.9 Å². The van der Waals surface area contributed by atoms with Crippen molar-refractivity contribution in [1.29, 1.82) is 0 Å². The predicted octanol–water partition coefficient (Wildman–Crippen LogP) is 3.97. The Kier molecular flexibility index (Phi) is 2.36. The van der Waals surface area contributed by atoms with Crippen LogP contribution in [-0.2, 0) is 0 Å². The molecule has 1 aromatic heterocycles. The number of fused-ring (bicyclic) bond motifs is 1. The second-order valence-electron chi connectivity index (χ2n) is 4.33. The fourth-order valence-corrected chi connectivity index (χ4v) is 2.62. The van der Waals surface area contributed by atoms with Crippen LogP contribution in [0.15, 0.2) is 28.7 Å². The van der Waals surface area contributed by atoms with E-state index in [1.807, 2.05) is 24.3 Å². The number of aromatic nitrogens is 1. The van der Waals surface area contributed by atoms with E-state index in [-0.39, 0.29) is 0 Å². The Labute approximate surface area is 102 Å². The summed E-state index contributed by atoms with van der Waals surface area (Å²) in [6, 6.07) is 7.73. The fraction of sp³-hybridized carbons (Fsp3) is 0.308. The van der Waals surface area contributed by atoms with Gasteiger partial charge in [0.15, 0.2) is 0 Å². The van der Waals surface area contributed by atoms with Gasteiger partial charge in [0.05, 0.1) is 11.2 Å². The zero-order chi connectivity index (χ0) is 11.1. The molecule has 3 heteroatoms. The molecular weight excluding hydrogens is 266 g/mol. The predicted molar refractivity (Wildman–Crippen MR) is 67.7 cm³/mol. The first-order valence-electron chi connectivity index (χ1n) is 5.54. The maximum absolute atomic E-state index is 9.96. The summed E-state index contributed by atoms with van der Waals surface area (Å²) in [5.41, 5.74) is 1.81. The van der Waals surface area contributed by atoms with Crippen molar-refractivity contribution < 1.29 is 5.11 Å². The molecule has 3 rings (SSSR count). The van der Waals surface area contributed by atoms with E-state index in [1.54, 1.807) is 0 Å². The summed E-state index contributed by atoms with van der Waals surface area (Å²) >= 11 is 3.50. The van der Waals surface area contributed by atoms with Crippen LogP contribution in [-0.4, -0.2) is 10.1 Å². The monoisotopic (exact) mass is 277 g/mol. The Balaban J connectivity index is 2.22. The van der Waals surface area contributed by atoms with E-state index in [4.69, 9.17) is 0 Å². The lowest BCUT2D eigenvalue weighted by atomic mass is 9.82. The number of rotatable bonds is 1. The summed E-state index contributed by atoms with van der Waals surface area (Å²) in [6.07, 6.45) is 3.55. The zero-order valence-corrected chi connectivity index (χ0v) is 10.4. The van der Waals surface area contributed by atoms with Gasteiger partial charge in [-0.2, -0.15) is 0 Å². The molecule has 1 aliphatic carbocycles. The van der Waals surface area contributed by atoms with Gasteiger partial charge in [-0.3, -0.25) is 0 Å². The van der Waals surface area contributed by atoms with Gasteiger partial charge in [-0.1, -0.05) is 18.6 Å². The number of halogens is 1. The summed E-state index contributed by atoms with van der Waals surface area (Å²) in [5, 5.41) is 10.9. The smallest absolute Gasteiger partial charge is 0.138 e.